The summed E-state index contributed by atoms with van der Waals surface area (Å²) in [6.07, 6.45) is 11.4. The van der Waals surface area contributed by atoms with Crippen LogP contribution in [0.2, 0.25) is 0 Å². The highest BCUT2D eigenvalue weighted by molar-refractivity contribution is 6.06. The van der Waals surface area contributed by atoms with Gasteiger partial charge >= 0.3 is 0 Å². The molecule has 35 heavy (non-hydrogen) atoms. The third kappa shape index (κ3) is 4.10. The molecule has 2 N–H and O–H groups in total. The maximum atomic E-state index is 13.3. The molecule has 0 spiro atoms. The molecule has 198 valence electrons. The van der Waals surface area contributed by atoms with Crippen LogP contribution in [0.5, 0.6) is 0 Å². The second-order valence-electron chi connectivity index (χ2n) is 14.0. The number of hydrogen-bond acceptors (Lipinski definition) is 4. The molecule has 3 fully saturated rings. The van der Waals surface area contributed by atoms with Crippen molar-refractivity contribution in [3.05, 3.63) is 11.6 Å². The van der Waals surface area contributed by atoms with Gasteiger partial charge in [0.05, 0.1) is 17.1 Å². The maximum absolute atomic E-state index is 13.3. The normalized spacial score (nSPS) is 41.3. The van der Waals surface area contributed by atoms with Gasteiger partial charge in [-0.2, -0.15) is 0 Å². The van der Waals surface area contributed by atoms with Crippen LogP contribution in [0.1, 0.15) is 113 Å². The summed E-state index contributed by atoms with van der Waals surface area (Å²) in [5, 5.41) is 20.9. The minimum absolute atomic E-state index is 0.0594. The molecule has 0 aromatic carbocycles. The molecule has 0 radical (unpaired) electrons. The number of allylic oxidation sites excluding steroid dienone is 1. The molecule has 0 amide bonds. The SMILES string of the molecule is CC(=O)C1(C(C)=O)C[C@@H](O)CC2=CC[C@H]3[C@@H]4CC[C@H]([C@H](C)CCCC(C)(C)O)[C@@]4(C)CC[C@@H]3[C@]21C. The molecule has 0 heterocycles. The molecule has 0 aromatic rings. The minimum atomic E-state index is -1.10. The Morgan fingerprint density at radius 3 is 2.37 bits per heavy atom. The van der Waals surface area contributed by atoms with E-state index in [1.807, 2.05) is 13.8 Å². The van der Waals surface area contributed by atoms with Gasteiger partial charge in [-0.1, -0.05) is 45.3 Å². The zero-order chi connectivity index (χ0) is 26.0. The first-order chi connectivity index (χ1) is 16.2. The van der Waals surface area contributed by atoms with Crippen molar-refractivity contribution in [1.29, 1.82) is 0 Å². The molecular formula is C31H50O4. The minimum Gasteiger partial charge on any atom is -0.393 e. The summed E-state index contributed by atoms with van der Waals surface area (Å²) in [6, 6.07) is 0. The van der Waals surface area contributed by atoms with Crippen LogP contribution in [0.15, 0.2) is 11.6 Å². The number of carbonyl (C=O) groups excluding carboxylic acids is 2. The van der Waals surface area contributed by atoms with E-state index in [1.165, 1.54) is 24.8 Å². The van der Waals surface area contributed by atoms with Gasteiger partial charge in [0.15, 0.2) is 0 Å². The quantitative estimate of drug-likeness (QED) is 0.328. The number of ketones is 2. The number of rotatable bonds is 7. The van der Waals surface area contributed by atoms with E-state index in [-0.39, 0.29) is 18.0 Å². The first-order valence-corrected chi connectivity index (χ1v) is 14.3. The largest absolute Gasteiger partial charge is 0.393 e. The molecule has 4 nitrogen and oxygen atoms in total. The lowest BCUT2D eigenvalue weighted by Gasteiger charge is -2.63. The van der Waals surface area contributed by atoms with E-state index in [4.69, 9.17) is 0 Å². The van der Waals surface area contributed by atoms with Crippen LogP contribution in [0.3, 0.4) is 0 Å². The van der Waals surface area contributed by atoms with Gasteiger partial charge < -0.3 is 10.2 Å². The predicted molar refractivity (Wildman–Crippen MR) is 140 cm³/mol. The molecule has 0 unspecified atom stereocenters. The van der Waals surface area contributed by atoms with E-state index in [2.05, 4.69) is 26.8 Å². The molecule has 4 rings (SSSR count). The monoisotopic (exact) mass is 486 g/mol. The summed E-state index contributed by atoms with van der Waals surface area (Å²) in [5.41, 5.74) is -0.698. The summed E-state index contributed by atoms with van der Waals surface area (Å²) in [6.45, 7) is 14.1. The van der Waals surface area contributed by atoms with Gasteiger partial charge in [-0.05, 0) is 114 Å². The predicted octanol–water partition coefficient (Wildman–Crippen LogP) is 6.28. The Labute approximate surface area is 213 Å². The second-order valence-corrected chi connectivity index (χ2v) is 14.0. The summed E-state index contributed by atoms with van der Waals surface area (Å²) >= 11 is 0. The third-order valence-corrected chi connectivity index (χ3v) is 11.8. The topological polar surface area (TPSA) is 74.6 Å². The van der Waals surface area contributed by atoms with Crippen LogP contribution in [0.25, 0.3) is 0 Å². The fraction of sp³-hybridized carbons (Fsp3) is 0.871. The Hall–Kier alpha value is -1.00. The van der Waals surface area contributed by atoms with Gasteiger partial charge in [0.25, 0.3) is 0 Å². The van der Waals surface area contributed by atoms with Crippen molar-refractivity contribution in [2.45, 2.75) is 124 Å². The van der Waals surface area contributed by atoms with Gasteiger partial charge in [-0.15, -0.1) is 0 Å². The van der Waals surface area contributed by atoms with E-state index in [9.17, 15) is 19.8 Å². The Balaban J connectivity index is 1.63. The Kier molecular flexibility index (Phi) is 7.02. The molecule has 0 bridgehead atoms. The lowest BCUT2D eigenvalue weighted by Crippen LogP contribution is -2.63. The van der Waals surface area contributed by atoms with Crippen molar-refractivity contribution >= 4 is 11.6 Å². The van der Waals surface area contributed by atoms with Gasteiger partial charge in [-0.3, -0.25) is 9.59 Å². The fourth-order valence-corrected chi connectivity index (χ4v) is 10.1. The van der Waals surface area contributed by atoms with Crippen LogP contribution >= 0.6 is 0 Å². The number of carbonyl (C=O) groups is 2. The lowest BCUT2D eigenvalue weighted by molar-refractivity contribution is -0.165. The molecule has 3 saturated carbocycles. The number of aliphatic hydroxyl groups excluding tert-OH is 1. The lowest BCUT2D eigenvalue weighted by atomic mass is 9.39. The second kappa shape index (κ2) is 9.08. The Morgan fingerprint density at radius 2 is 1.77 bits per heavy atom. The van der Waals surface area contributed by atoms with Crippen molar-refractivity contribution in [2.75, 3.05) is 0 Å². The van der Waals surface area contributed by atoms with E-state index < -0.39 is 22.5 Å². The highest BCUT2D eigenvalue weighted by Crippen LogP contribution is 2.70. The van der Waals surface area contributed by atoms with E-state index in [0.717, 1.165) is 32.1 Å². The van der Waals surface area contributed by atoms with Crippen molar-refractivity contribution in [3.8, 4) is 0 Å². The van der Waals surface area contributed by atoms with Gasteiger partial charge in [0.2, 0.25) is 0 Å². The number of aliphatic hydroxyl groups is 2. The summed E-state index contributed by atoms with van der Waals surface area (Å²) < 4.78 is 0. The average Bonchev–Trinajstić information content (AvgIpc) is 3.09. The molecular weight excluding hydrogens is 436 g/mol. The summed E-state index contributed by atoms with van der Waals surface area (Å²) in [5.74, 6) is 2.68. The third-order valence-electron chi connectivity index (χ3n) is 11.8. The molecule has 4 heteroatoms. The van der Waals surface area contributed by atoms with Crippen LogP contribution in [0, 0.1) is 45.8 Å². The van der Waals surface area contributed by atoms with Gasteiger partial charge in [0, 0.05) is 5.41 Å². The first kappa shape index (κ1) is 27.0. The highest BCUT2D eigenvalue weighted by atomic mass is 16.3. The van der Waals surface area contributed by atoms with Crippen LogP contribution in [-0.4, -0.2) is 33.5 Å². The van der Waals surface area contributed by atoms with Crippen LogP contribution in [-0.2, 0) is 9.59 Å². The van der Waals surface area contributed by atoms with Crippen molar-refractivity contribution < 1.29 is 19.8 Å². The van der Waals surface area contributed by atoms with Crippen molar-refractivity contribution in [2.24, 2.45) is 45.8 Å². The molecule has 4 aliphatic carbocycles. The van der Waals surface area contributed by atoms with E-state index in [1.54, 1.807) is 13.8 Å². The van der Waals surface area contributed by atoms with Gasteiger partial charge in [-0.25, -0.2) is 0 Å². The Morgan fingerprint density at radius 1 is 1.11 bits per heavy atom. The first-order valence-electron chi connectivity index (χ1n) is 14.3. The summed E-state index contributed by atoms with van der Waals surface area (Å²) in [4.78, 5) is 26.5. The average molecular weight is 487 g/mol. The Bertz CT molecular complexity index is 867. The molecule has 0 saturated heterocycles. The number of Topliss-reactive ketones (excluding diaryl/α,β-unsaturated/α-hetero) is 2. The number of fused-ring (bicyclic) bond motifs is 5. The van der Waals surface area contributed by atoms with Crippen molar-refractivity contribution in [1.82, 2.24) is 0 Å². The van der Waals surface area contributed by atoms with Crippen LogP contribution < -0.4 is 0 Å². The maximum Gasteiger partial charge on any atom is 0.144 e. The number of hydrogen-bond donors (Lipinski definition) is 2. The van der Waals surface area contributed by atoms with Crippen molar-refractivity contribution in [3.63, 3.8) is 0 Å². The zero-order valence-electron chi connectivity index (χ0n) is 23.3. The molecule has 0 aliphatic heterocycles. The van der Waals surface area contributed by atoms with Gasteiger partial charge in [0.1, 0.15) is 11.6 Å². The molecule has 4 aliphatic rings. The van der Waals surface area contributed by atoms with E-state index in [0.29, 0.717) is 41.4 Å². The zero-order valence-corrected chi connectivity index (χ0v) is 23.3. The highest BCUT2D eigenvalue weighted by Gasteiger charge is 2.68. The van der Waals surface area contributed by atoms with Crippen LogP contribution in [0.4, 0.5) is 0 Å². The smallest absolute Gasteiger partial charge is 0.144 e. The standard InChI is InChI=1S/C31H50O4/c1-19(9-8-15-28(4,5)35)25-12-13-26-24-11-10-22-17-23(34)18-31(20(2)32,21(3)33)30(22,7)27(24)14-16-29(25,26)6/h10,19,23-27,34-35H,8-9,11-18H2,1-7H3/t19-,23+,24+,25-,26+,27+,29-,30+/m1/s1. The summed E-state index contributed by atoms with van der Waals surface area (Å²) in [7, 11) is 0. The van der Waals surface area contributed by atoms with E-state index >= 15 is 0 Å². The molecule has 8 atom stereocenters. The fourth-order valence-electron chi connectivity index (χ4n) is 10.1. The molecule has 0 aromatic heterocycles.